The van der Waals surface area contributed by atoms with Crippen molar-refractivity contribution in [1.82, 2.24) is 18.7 Å². The zero-order valence-electron chi connectivity index (χ0n) is 15.9. The van der Waals surface area contributed by atoms with Gasteiger partial charge in [-0.1, -0.05) is 18.2 Å². The molecule has 0 N–H and O–H groups in total. The molecular weight excluding hydrogens is 342 g/mol. The molecule has 0 aliphatic carbocycles. The predicted octanol–water partition coefficient (Wildman–Crippen LogP) is 2.24. The molecule has 0 saturated carbocycles. The average Bonchev–Trinajstić information content (AvgIpc) is 3.06. The van der Waals surface area contributed by atoms with E-state index in [0.29, 0.717) is 23.7 Å². The van der Waals surface area contributed by atoms with Crippen molar-refractivity contribution in [2.24, 2.45) is 7.05 Å². The molecule has 0 radical (unpaired) electrons. The van der Waals surface area contributed by atoms with Gasteiger partial charge in [-0.15, -0.1) is 6.58 Å². The molecule has 27 heavy (non-hydrogen) atoms. The highest BCUT2D eigenvalue weighted by atomic mass is 16.2. The van der Waals surface area contributed by atoms with Crippen LogP contribution in [0.4, 0.5) is 11.6 Å². The molecule has 1 aliphatic rings. The lowest BCUT2D eigenvalue weighted by molar-refractivity contribution is 0.597. The Morgan fingerprint density at radius 1 is 1.22 bits per heavy atom. The zero-order chi connectivity index (χ0) is 19.3. The number of aromatic nitrogens is 4. The molecule has 0 bridgehead atoms. The Labute approximate surface area is 156 Å². The van der Waals surface area contributed by atoms with E-state index in [9.17, 15) is 9.59 Å². The Bertz CT molecular complexity index is 1180. The fourth-order valence-electron chi connectivity index (χ4n) is 3.81. The number of aryl methyl sites for hydroxylation is 3. The van der Waals surface area contributed by atoms with Gasteiger partial charge in [0.05, 0.1) is 0 Å². The van der Waals surface area contributed by atoms with Gasteiger partial charge < -0.3 is 9.47 Å². The normalized spacial score (nSPS) is 13.8. The average molecular weight is 365 g/mol. The number of fused-ring (bicyclic) bond motifs is 3. The van der Waals surface area contributed by atoms with Crippen molar-refractivity contribution in [2.45, 2.75) is 33.4 Å². The Kier molecular flexibility index (Phi) is 4.02. The van der Waals surface area contributed by atoms with Crippen LogP contribution in [0, 0.1) is 13.8 Å². The summed E-state index contributed by atoms with van der Waals surface area (Å²) < 4.78 is 4.61. The van der Waals surface area contributed by atoms with E-state index in [4.69, 9.17) is 4.98 Å². The van der Waals surface area contributed by atoms with Gasteiger partial charge in [0.1, 0.15) is 0 Å². The highest BCUT2D eigenvalue weighted by Crippen LogP contribution is 2.33. The molecule has 0 amide bonds. The summed E-state index contributed by atoms with van der Waals surface area (Å²) in [5.74, 6) is 0.716. The molecule has 140 valence electrons. The van der Waals surface area contributed by atoms with Gasteiger partial charge in [-0.3, -0.25) is 13.9 Å². The molecule has 1 aliphatic heterocycles. The fraction of sp³-hybridized carbons (Fsp3) is 0.350. The van der Waals surface area contributed by atoms with Gasteiger partial charge in [-0.05, 0) is 37.5 Å². The van der Waals surface area contributed by atoms with Gasteiger partial charge in [0.2, 0.25) is 5.95 Å². The van der Waals surface area contributed by atoms with Crippen molar-refractivity contribution >= 4 is 22.8 Å². The summed E-state index contributed by atoms with van der Waals surface area (Å²) in [6, 6.07) is 6.20. The summed E-state index contributed by atoms with van der Waals surface area (Å²) in [5.41, 5.74) is 3.71. The van der Waals surface area contributed by atoms with E-state index in [1.165, 1.54) is 20.3 Å². The van der Waals surface area contributed by atoms with Crippen LogP contribution in [0.15, 0.2) is 40.4 Å². The Morgan fingerprint density at radius 3 is 2.74 bits per heavy atom. The number of hydrogen-bond donors (Lipinski definition) is 0. The van der Waals surface area contributed by atoms with Gasteiger partial charge in [-0.25, -0.2) is 4.79 Å². The van der Waals surface area contributed by atoms with Crippen LogP contribution >= 0.6 is 0 Å². The molecule has 2 aromatic heterocycles. The molecule has 0 spiro atoms. The Morgan fingerprint density at radius 2 is 2.00 bits per heavy atom. The third-order valence-corrected chi connectivity index (χ3v) is 5.40. The van der Waals surface area contributed by atoms with Crippen LogP contribution < -0.4 is 16.1 Å². The highest BCUT2D eigenvalue weighted by molar-refractivity contribution is 5.77. The first-order valence-corrected chi connectivity index (χ1v) is 9.10. The lowest BCUT2D eigenvalue weighted by Crippen LogP contribution is -2.39. The van der Waals surface area contributed by atoms with Crippen LogP contribution in [0.2, 0.25) is 0 Å². The number of imidazole rings is 1. The van der Waals surface area contributed by atoms with E-state index in [2.05, 4.69) is 37.5 Å². The fourth-order valence-corrected chi connectivity index (χ4v) is 3.81. The molecule has 0 unspecified atom stereocenters. The molecule has 3 aromatic rings. The first kappa shape index (κ1) is 17.3. The number of hydrogen-bond acceptors (Lipinski definition) is 4. The molecule has 7 nitrogen and oxygen atoms in total. The second-order valence-electron chi connectivity index (χ2n) is 7.01. The van der Waals surface area contributed by atoms with Crippen molar-refractivity contribution < 1.29 is 0 Å². The summed E-state index contributed by atoms with van der Waals surface area (Å²) in [5, 5.41) is 0. The number of benzene rings is 1. The van der Waals surface area contributed by atoms with Crippen molar-refractivity contribution in [3.05, 3.63) is 62.8 Å². The lowest BCUT2D eigenvalue weighted by Gasteiger charge is -2.30. The van der Waals surface area contributed by atoms with Gasteiger partial charge in [0.15, 0.2) is 11.2 Å². The molecule has 0 fully saturated rings. The van der Waals surface area contributed by atoms with Gasteiger partial charge in [-0.2, -0.15) is 4.98 Å². The summed E-state index contributed by atoms with van der Waals surface area (Å²) in [6.07, 6.45) is 2.46. The van der Waals surface area contributed by atoms with Crippen LogP contribution in [0.25, 0.3) is 11.2 Å². The summed E-state index contributed by atoms with van der Waals surface area (Å²) in [6.45, 7) is 9.55. The van der Waals surface area contributed by atoms with Crippen molar-refractivity contribution in [3.63, 3.8) is 0 Å². The maximum Gasteiger partial charge on any atom is 0.332 e. The minimum Gasteiger partial charge on any atom is -0.312 e. The molecule has 0 saturated heterocycles. The number of rotatable bonds is 3. The van der Waals surface area contributed by atoms with Crippen molar-refractivity contribution in [3.8, 4) is 0 Å². The lowest BCUT2D eigenvalue weighted by atomic mass is 10.1. The van der Waals surface area contributed by atoms with Crippen LogP contribution in [0.3, 0.4) is 0 Å². The van der Waals surface area contributed by atoms with E-state index < -0.39 is 0 Å². The third-order valence-electron chi connectivity index (χ3n) is 5.40. The summed E-state index contributed by atoms with van der Waals surface area (Å²) in [7, 11) is 1.66. The first-order valence-electron chi connectivity index (χ1n) is 9.10. The van der Waals surface area contributed by atoms with E-state index in [-0.39, 0.29) is 17.8 Å². The maximum absolute atomic E-state index is 13.0. The maximum atomic E-state index is 13.0. The van der Waals surface area contributed by atoms with Gasteiger partial charge in [0, 0.05) is 32.4 Å². The van der Waals surface area contributed by atoms with Crippen molar-refractivity contribution in [2.75, 3.05) is 11.4 Å². The smallest absolute Gasteiger partial charge is 0.312 e. The van der Waals surface area contributed by atoms with Gasteiger partial charge in [0.25, 0.3) is 5.56 Å². The monoisotopic (exact) mass is 365 g/mol. The van der Waals surface area contributed by atoms with E-state index in [0.717, 1.165) is 18.7 Å². The summed E-state index contributed by atoms with van der Waals surface area (Å²) in [4.78, 5) is 32.4. The third kappa shape index (κ3) is 2.45. The molecule has 4 rings (SSSR count). The predicted molar refractivity (Wildman–Crippen MR) is 107 cm³/mol. The quantitative estimate of drug-likeness (QED) is 0.668. The SMILES string of the molecule is C=CCn1c(=O)c2c(nc3n2CCCN3c2cccc(C)c2C)n(C)c1=O. The van der Waals surface area contributed by atoms with E-state index in [1.807, 2.05) is 10.6 Å². The second-order valence-corrected chi connectivity index (χ2v) is 7.01. The molecule has 1 aromatic carbocycles. The van der Waals surface area contributed by atoms with Crippen LogP contribution in [0.1, 0.15) is 17.5 Å². The topological polar surface area (TPSA) is 65.1 Å². The van der Waals surface area contributed by atoms with Crippen LogP contribution in [-0.4, -0.2) is 25.2 Å². The van der Waals surface area contributed by atoms with Crippen molar-refractivity contribution in [1.29, 1.82) is 0 Å². The van der Waals surface area contributed by atoms with Crippen LogP contribution in [0.5, 0.6) is 0 Å². The standard InChI is InChI=1S/C20H23N5O2/c1-5-10-25-18(26)16-17(22(4)20(25)27)21-19-23(11-7-12-24(16)19)15-9-6-8-13(2)14(15)3/h5-6,8-9H,1,7,10-12H2,2-4H3. The zero-order valence-corrected chi connectivity index (χ0v) is 15.9. The minimum absolute atomic E-state index is 0.183. The first-order chi connectivity index (χ1) is 13.0. The second kappa shape index (κ2) is 6.26. The van der Waals surface area contributed by atoms with E-state index >= 15 is 0 Å². The highest BCUT2D eigenvalue weighted by Gasteiger charge is 2.27. The number of nitrogens with zero attached hydrogens (tertiary/aromatic N) is 5. The van der Waals surface area contributed by atoms with Gasteiger partial charge >= 0.3 is 5.69 Å². The molecular formula is C20H23N5O2. The summed E-state index contributed by atoms with van der Waals surface area (Å²) >= 11 is 0. The number of anilines is 2. The Balaban J connectivity index is 2.03. The molecule has 7 heteroatoms. The molecule has 0 atom stereocenters. The number of allylic oxidation sites excluding steroid dienone is 1. The Hall–Kier alpha value is -3.09. The van der Waals surface area contributed by atoms with Crippen LogP contribution in [-0.2, 0) is 20.1 Å². The molecule has 3 heterocycles. The minimum atomic E-state index is -0.374. The largest absolute Gasteiger partial charge is 0.332 e. The van der Waals surface area contributed by atoms with E-state index in [1.54, 1.807) is 13.1 Å².